The van der Waals surface area contributed by atoms with E-state index in [0.29, 0.717) is 48.5 Å². The molecule has 2 saturated heterocycles. The van der Waals surface area contributed by atoms with Crippen molar-refractivity contribution in [3.05, 3.63) is 48.0 Å². The number of likely N-dealkylation sites (tertiary alicyclic amines) is 1. The molecule has 0 radical (unpaired) electrons. The zero-order valence-electron chi connectivity index (χ0n) is 17.1. The third kappa shape index (κ3) is 3.59. The van der Waals surface area contributed by atoms with Crippen LogP contribution >= 0.6 is 0 Å². The largest absolute Gasteiger partial charge is 0.490 e. The molecule has 0 atom stereocenters. The van der Waals surface area contributed by atoms with Crippen molar-refractivity contribution in [1.82, 2.24) is 14.9 Å². The maximum Gasteiger partial charge on any atom is 0.260 e. The first-order chi connectivity index (χ1) is 14.6. The van der Waals surface area contributed by atoms with E-state index in [1.54, 1.807) is 10.6 Å². The summed E-state index contributed by atoms with van der Waals surface area (Å²) in [6.45, 7) is 5.12. The van der Waals surface area contributed by atoms with E-state index in [1.807, 2.05) is 24.4 Å². The second-order valence-electron chi connectivity index (χ2n) is 8.23. The summed E-state index contributed by atoms with van der Waals surface area (Å²) in [6.07, 6.45) is 7.63. The highest BCUT2D eigenvalue weighted by molar-refractivity contribution is 6.49. The lowest BCUT2D eigenvalue weighted by Crippen LogP contribution is -2.43. The van der Waals surface area contributed by atoms with Crippen molar-refractivity contribution in [2.24, 2.45) is 4.99 Å². The number of morpholine rings is 1. The number of carbonyl (C=O) groups excluding carboxylic acids is 1. The molecule has 0 aromatic carbocycles. The number of ketones is 1. The number of aliphatic imine (C=N–C) groups is 1. The van der Waals surface area contributed by atoms with Crippen LogP contribution in [0.4, 0.5) is 5.69 Å². The number of aromatic nitrogens is 2. The highest BCUT2D eigenvalue weighted by Crippen LogP contribution is 2.33. The molecule has 0 bridgehead atoms. The third-order valence-electron chi connectivity index (χ3n) is 5.97. The minimum absolute atomic E-state index is 0.164. The monoisotopic (exact) mass is 408 g/mol. The van der Waals surface area contributed by atoms with Crippen molar-refractivity contribution >= 4 is 22.7 Å². The number of rotatable bonds is 5. The topological polar surface area (TPSA) is 77.2 Å². The van der Waals surface area contributed by atoms with E-state index in [9.17, 15) is 4.79 Å². The summed E-state index contributed by atoms with van der Waals surface area (Å²) in [4.78, 5) is 17.3. The van der Waals surface area contributed by atoms with Crippen LogP contribution in [0.1, 0.15) is 12.8 Å². The maximum atomic E-state index is 12.6. The van der Waals surface area contributed by atoms with Gasteiger partial charge in [0.2, 0.25) is 5.78 Å². The van der Waals surface area contributed by atoms with Gasteiger partial charge in [-0.15, -0.1) is 5.10 Å². The smallest absolute Gasteiger partial charge is 0.260 e. The van der Waals surface area contributed by atoms with E-state index in [1.165, 1.54) is 32.0 Å². The molecule has 2 aromatic rings. The molecular weight excluding hydrogens is 382 g/mol. The summed E-state index contributed by atoms with van der Waals surface area (Å²) >= 11 is 0. The van der Waals surface area contributed by atoms with Gasteiger partial charge in [0, 0.05) is 37.7 Å². The number of quaternary nitrogens is 1. The zero-order valence-corrected chi connectivity index (χ0v) is 17.1. The second-order valence-corrected chi connectivity index (χ2v) is 8.23. The molecule has 2 aliphatic heterocycles. The van der Waals surface area contributed by atoms with Crippen LogP contribution < -0.4 is 10.1 Å². The Morgan fingerprint density at radius 2 is 2.17 bits per heavy atom. The molecule has 2 aromatic heterocycles. The number of hydrogen-bond acceptors (Lipinski definition) is 6. The Balaban J connectivity index is 1.45. The lowest BCUT2D eigenvalue weighted by Gasteiger charge is -2.28. The molecule has 0 unspecified atom stereocenters. The molecule has 8 nitrogen and oxygen atoms in total. The van der Waals surface area contributed by atoms with Gasteiger partial charge in [-0.1, -0.05) is 6.07 Å². The van der Waals surface area contributed by atoms with Crippen LogP contribution in [0, 0.1) is 0 Å². The van der Waals surface area contributed by atoms with E-state index in [0.717, 1.165) is 16.5 Å². The maximum absolute atomic E-state index is 12.6. The standard InChI is InChI=1S/C22H25N5O3/c1-27(9-4-5-10-27)11-13-30-22-21(18-6-2-3-8-26(18)25-22)24-16-15-20-17(14-19(16)28)23-7-12-29-20/h2-3,6,8,14-15H,4-5,7,9-13H2,1H3/p+1. The number of pyridine rings is 1. The van der Waals surface area contributed by atoms with E-state index < -0.39 is 0 Å². The fourth-order valence-corrected chi connectivity index (χ4v) is 4.21. The number of ether oxygens (including phenoxy) is 2. The van der Waals surface area contributed by atoms with Gasteiger partial charge in [0.25, 0.3) is 5.88 Å². The van der Waals surface area contributed by atoms with Crippen LogP contribution in [0.2, 0.25) is 0 Å². The Morgan fingerprint density at radius 1 is 1.30 bits per heavy atom. The first kappa shape index (κ1) is 18.9. The first-order valence-electron chi connectivity index (χ1n) is 10.5. The number of fused-ring (bicyclic) bond motifs is 2. The summed E-state index contributed by atoms with van der Waals surface area (Å²) in [5.41, 5.74) is 2.40. The Morgan fingerprint density at radius 3 is 3.03 bits per heavy atom. The minimum atomic E-state index is -0.164. The predicted molar refractivity (Wildman–Crippen MR) is 113 cm³/mol. The Hall–Kier alpha value is -3.13. The fourth-order valence-electron chi connectivity index (χ4n) is 4.21. The predicted octanol–water partition coefficient (Wildman–Crippen LogP) is 2.00. The van der Waals surface area contributed by atoms with Crippen molar-refractivity contribution in [1.29, 1.82) is 0 Å². The van der Waals surface area contributed by atoms with E-state index in [4.69, 9.17) is 9.47 Å². The number of hydrogen-bond donors (Lipinski definition) is 1. The molecule has 8 heteroatoms. The number of nitrogens with zero attached hydrogens (tertiary/aromatic N) is 4. The summed E-state index contributed by atoms with van der Waals surface area (Å²) in [5.74, 6) is 0.927. The first-order valence-corrected chi connectivity index (χ1v) is 10.5. The summed E-state index contributed by atoms with van der Waals surface area (Å²) in [6, 6.07) is 5.75. The van der Waals surface area contributed by atoms with E-state index in [2.05, 4.69) is 22.5 Å². The quantitative estimate of drug-likeness (QED) is 0.605. The molecule has 0 spiro atoms. The molecule has 0 amide bonds. The van der Waals surface area contributed by atoms with Gasteiger partial charge in [0.1, 0.15) is 31.2 Å². The van der Waals surface area contributed by atoms with Gasteiger partial charge < -0.3 is 19.3 Å². The van der Waals surface area contributed by atoms with Gasteiger partial charge in [-0.05, 0) is 12.1 Å². The molecule has 5 rings (SSSR count). The highest BCUT2D eigenvalue weighted by Gasteiger charge is 2.27. The molecule has 4 heterocycles. The Kier molecular flexibility index (Phi) is 4.78. The minimum Gasteiger partial charge on any atom is -0.490 e. The van der Waals surface area contributed by atoms with Crippen molar-refractivity contribution in [3.8, 4) is 5.88 Å². The van der Waals surface area contributed by atoms with E-state index in [-0.39, 0.29) is 5.78 Å². The SMILES string of the molecule is C[N+]1(CCOc2nn3ccccc3c2N=C2C=C3OCCNC3=CC2=O)CCCC1. The Labute approximate surface area is 175 Å². The average Bonchev–Trinajstić information content (AvgIpc) is 3.33. The van der Waals surface area contributed by atoms with Gasteiger partial charge in [-0.2, -0.15) is 0 Å². The lowest BCUT2D eigenvalue weighted by molar-refractivity contribution is -0.897. The molecule has 2 fully saturated rings. The normalized spacial score (nSPS) is 21.6. The van der Waals surface area contributed by atoms with Gasteiger partial charge >= 0.3 is 0 Å². The van der Waals surface area contributed by atoms with Crippen LogP contribution in [0.3, 0.4) is 0 Å². The molecule has 30 heavy (non-hydrogen) atoms. The average molecular weight is 408 g/mol. The lowest BCUT2D eigenvalue weighted by atomic mass is 10.1. The summed E-state index contributed by atoms with van der Waals surface area (Å²) < 4.78 is 14.5. The molecule has 1 N–H and O–H groups in total. The van der Waals surface area contributed by atoms with Crippen molar-refractivity contribution in [2.45, 2.75) is 12.8 Å². The van der Waals surface area contributed by atoms with Crippen LogP contribution in [0.5, 0.6) is 5.88 Å². The van der Waals surface area contributed by atoms with Crippen LogP contribution in [-0.2, 0) is 9.53 Å². The van der Waals surface area contributed by atoms with Crippen LogP contribution in [-0.4, -0.2) is 72.0 Å². The van der Waals surface area contributed by atoms with Gasteiger partial charge in [0.15, 0.2) is 5.69 Å². The molecule has 0 saturated carbocycles. The fraction of sp³-hybridized carbons (Fsp3) is 0.409. The zero-order chi connectivity index (χ0) is 20.6. The number of likely N-dealkylation sites (N-methyl/N-ethyl adjacent to an activating group) is 1. The number of nitrogens with one attached hydrogen (secondary N) is 1. The van der Waals surface area contributed by atoms with Crippen molar-refractivity contribution in [3.63, 3.8) is 0 Å². The molecular formula is C22H26N5O3+. The summed E-state index contributed by atoms with van der Waals surface area (Å²) in [5, 5.41) is 7.74. The summed E-state index contributed by atoms with van der Waals surface area (Å²) in [7, 11) is 2.27. The van der Waals surface area contributed by atoms with Crippen molar-refractivity contribution in [2.75, 3.05) is 46.4 Å². The number of carbonyl (C=O) groups is 1. The number of allylic oxidation sites excluding steroid dienone is 2. The van der Waals surface area contributed by atoms with Crippen LogP contribution in [0.25, 0.3) is 5.52 Å². The molecule has 3 aliphatic rings. The third-order valence-corrected chi connectivity index (χ3v) is 5.97. The Bertz CT molecular complexity index is 1080. The highest BCUT2D eigenvalue weighted by atomic mass is 16.5. The second kappa shape index (κ2) is 7.60. The van der Waals surface area contributed by atoms with Gasteiger partial charge in [-0.25, -0.2) is 9.51 Å². The van der Waals surface area contributed by atoms with Crippen molar-refractivity contribution < 1.29 is 18.8 Å². The molecule has 1 aliphatic carbocycles. The molecule has 156 valence electrons. The van der Waals surface area contributed by atoms with Gasteiger partial charge in [-0.3, -0.25) is 4.79 Å². The van der Waals surface area contributed by atoms with Crippen LogP contribution in [0.15, 0.2) is 53.0 Å². The van der Waals surface area contributed by atoms with Gasteiger partial charge in [0.05, 0.1) is 31.4 Å². The van der Waals surface area contributed by atoms with E-state index >= 15 is 0 Å².